The lowest BCUT2D eigenvalue weighted by atomic mass is 9.60. The van der Waals surface area contributed by atoms with Crippen molar-refractivity contribution in [3.8, 4) is 5.88 Å². The number of benzene rings is 1. The van der Waals surface area contributed by atoms with E-state index in [-0.39, 0.29) is 5.41 Å². The summed E-state index contributed by atoms with van der Waals surface area (Å²) < 4.78 is 5.38. The van der Waals surface area contributed by atoms with Crippen LogP contribution in [0, 0.1) is 6.92 Å². The van der Waals surface area contributed by atoms with E-state index in [0.717, 1.165) is 5.52 Å². The van der Waals surface area contributed by atoms with Crippen molar-refractivity contribution in [3.05, 3.63) is 59.4 Å². The van der Waals surface area contributed by atoms with Gasteiger partial charge in [-0.05, 0) is 37.0 Å². The fourth-order valence-electron chi connectivity index (χ4n) is 3.70. The summed E-state index contributed by atoms with van der Waals surface area (Å²) in [7, 11) is 1.67. The van der Waals surface area contributed by atoms with Crippen LogP contribution in [-0.4, -0.2) is 17.1 Å². The molecular formula is C21H26N2O. The lowest BCUT2D eigenvalue weighted by Crippen LogP contribution is -2.35. The maximum Gasteiger partial charge on any atom is 0.238 e. The molecule has 3 heteroatoms. The predicted octanol–water partition coefficient (Wildman–Crippen LogP) is 5.38. The monoisotopic (exact) mass is 322 g/mol. The van der Waals surface area contributed by atoms with Crippen molar-refractivity contribution in [1.82, 2.24) is 9.97 Å². The highest BCUT2D eigenvalue weighted by atomic mass is 16.5. The highest BCUT2D eigenvalue weighted by Crippen LogP contribution is 2.51. The van der Waals surface area contributed by atoms with Crippen LogP contribution in [0.4, 0.5) is 0 Å². The number of aryl methyl sites for hydroxylation is 1. The number of pyridine rings is 1. The Bertz CT molecular complexity index is 813. The molecular weight excluding hydrogens is 296 g/mol. The van der Waals surface area contributed by atoms with Crippen LogP contribution in [0.2, 0.25) is 0 Å². The molecule has 1 aliphatic rings. The first-order valence-corrected chi connectivity index (χ1v) is 8.82. The minimum Gasteiger partial charge on any atom is -0.479 e. The summed E-state index contributed by atoms with van der Waals surface area (Å²) in [5, 5.41) is 1.23. The molecule has 3 aromatic rings. The van der Waals surface area contributed by atoms with E-state index in [1.165, 1.54) is 41.3 Å². The summed E-state index contributed by atoms with van der Waals surface area (Å²) >= 11 is 0. The molecule has 2 aromatic heterocycles. The van der Waals surface area contributed by atoms with Gasteiger partial charge in [0.15, 0.2) is 0 Å². The molecule has 1 fully saturated rings. The zero-order chi connectivity index (χ0) is 17.2. The fraction of sp³-hybridized carbons (Fsp3) is 0.381. The van der Waals surface area contributed by atoms with Crippen LogP contribution in [0.1, 0.15) is 49.8 Å². The van der Waals surface area contributed by atoms with Crippen molar-refractivity contribution in [2.45, 2.75) is 45.4 Å². The van der Waals surface area contributed by atoms with E-state index >= 15 is 0 Å². The first-order chi connectivity index (χ1) is 11.7. The first kappa shape index (κ1) is 16.6. The van der Waals surface area contributed by atoms with E-state index in [1.807, 2.05) is 20.0 Å². The second kappa shape index (κ2) is 6.68. The fourth-order valence-corrected chi connectivity index (χ4v) is 3.70. The van der Waals surface area contributed by atoms with Gasteiger partial charge in [-0.25, -0.2) is 4.98 Å². The second-order valence-corrected chi connectivity index (χ2v) is 6.25. The van der Waals surface area contributed by atoms with E-state index in [9.17, 15) is 0 Å². The number of hydrogen-bond acceptors (Lipinski definition) is 2. The van der Waals surface area contributed by atoms with Gasteiger partial charge in [-0.3, -0.25) is 0 Å². The van der Waals surface area contributed by atoms with Crippen molar-refractivity contribution in [2.75, 3.05) is 7.11 Å². The number of nitrogens with zero attached hydrogens (tertiary/aromatic N) is 1. The lowest BCUT2D eigenvalue weighted by molar-refractivity contribution is 0.304. The quantitative estimate of drug-likeness (QED) is 0.703. The maximum atomic E-state index is 5.38. The third-order valence-corrected chi connectivity index (χ3v) is 5.09. The van der Waals surface area contributed by atoms with Gasteiger partial charge < -0.3 is 9.72 Å². The molecule has 0 bridgehead atoms. The van der Waals surface area contributed by atoms with Crippen molar-refractivity contribution >= 4 is 10.9 Å². The van der Waals surface area contributed by atoms with E-state index < -0.39 is 0 Å². The molecule has 1 saturated carbocycles. The summed E-state index contributed by atoms with van der Waals surface area (Å²) in [4.78, 5) is 7.67. The van der Waals surface area contributed by atoms with Crippen LogP contribution in [-0.2, 0) is 5.41 Å². The van der Waals surface area contributed by atoms with E-state index in [4.69, 9.17) is 4.74 Å². The third kappa shape index (κ3) is 2.48. The van der Waals surface area contributed by atoms with Crippen LogP contribution in [0.15, 0.2) is 42.7 Å². The highest BCUT2D eigenvalue weighted by molar-refractivity contribution is 5.88. The SMILES string of the molecule is CC.COc1nccc2c(C3(c4ccc(C)cc4)CCC3)c[nH]c12. The van der Waals surface area contributed by atoms with Crippen molar-refractivity contribution in [1.29, 1.82) is 0 Å². The van der Waals surface area contributed by atoms with Crippen LogP contribution in [0.5, 0.6) is 5.88 Å². The molecule has 0 saturated heterocycles. The molecule has 0 unspecified atom stereocenters. The Morgan fingerprint density at radius 3 is 2.38 bits per heavy atom. The van der Waals surface area contributed by atoms with E-state index in [0.29, 0.717) is 5.88 Å². The van der Waals surface area contributed by atoms with Gasteiger partial charge in [0.25, 0.3) is 0 Å². The van der Waals surface area contributed by atoms with E-state index in [2.05, 4.69) is 53.4 Å². The molecule has 3 nitrogen and oxygen atoms in total. The minimum absolute atomic E-state index is 0.137. The van der Waals surface area contributed by atoms with Crippen LogP contribution in [0.25, 0.3) is 10.9 Å². The summed E-state index contributed by atoms with van der Waals surface area (Å²) in [5.41, 5.74) is 5.24. The van der Waals surface area contributed by atoms with E-state index in [1.54, 1.807) is 7.11 Å². The molecule has 24 heavy (non-hydrogen) atoms. The predicted molar refractivity (Wildman–Crippen MR) is 99.8 cm³/mol. The van der Waals surface area contributed by atoms with Crippen LogP contribution in [0.3, 0.4) is 0 Å². The molecule has 2 heterocycles. The standard InChI is InChI=1S/C19H20N2O.C2H6/c1-13-4-6-14(7-5-13)19(9-3-10-19)16-12-21-17-15(16)8-11-20-18(17)22-2;1-2/h4-8,11-12,21H,3,9-10H2,1-2H3;1-2H3. The molecule has 126 valence electrons. The largest absolute Gasteiger partial charge is 0.479 e. The molecule has 0 atom stereocenters. The molecule has 0 amide bonds. The summed E-state index contributed by atoms with van der Waals surface area (Å²) in [6.07, 6.45) is 7.66. The summed E-state index contributed by atoms with van der Waals surface area (Å²) in [5.74, 6) is 0.669. The number of hydrogen-bond donors (Lipinski definition) is 1. The average molecular weight is 322 g/mol. The molecule has 1 N–H and O–H groups in total. The Balaban J connectivity index is 0.000000815. The Morgan fingerprint density at radius 2 is 1.79 bits per heavy atom. The second-order valence-electron chi connectivity index (χ2n) is 6.25. The number of aromatic nitrogens is 2. The lowest BCUT2D eigenvalue weighted by Gasteiger charge is -2.42. The number of methoxy groups -OCH3 is 1. The smallest absolute Gasteiger partial charge is 0.238 e. The number of H-pyrrole nitrogens is 1. The first-order valence-electron chi connectivity index (χ1n) is 8.82. The number of aromatic amines is 1. The minimum atomic E-state index is 0.137. The Morgan fingerprint density at radius 1 is 1.08 bits per heavy atom. The zero-order valence-electron chi connectivity index (χ0n) is 15.0. The maximum absolute atomic E-state index is 5.38. The number of nitrogens with one attached hydrogen (secondary N) is 1. The van der Waals surface area contributed by atoms with Crippen LogP contribution >= 0.6 is 0 Å². The topological polar surface area (TPSA) is 37.9 Å². The zero-order valence-corrected chi connectivity index (χ0v) is 15.0. The molecule has 1 aliphatic carbocycles. The number of ether oxygens (including phenoxy) is 1. The van der Waals surface area contributed by atoms with Gasteiger partial charge in [0.1, 0.15) is 5.52 Å². The molecule has 0 aliphatic heterocycles. The molecule has 4 rings (SSSR count). The van der Waals surface area contributed by atoms with Crippen LogP contribution < -0.4 is 4.74 Å². The highest BCUT2D eigenvalue weighted by Gasteiger charge is 2.42. The van der Waals surface area contributed by atoms with Gasteiger partial charge in [0.05, 0.1) is 7.11 Å². The molecule has 0 radical (unpaired) electrons. The van der Waals surface area contributed by atoms with Gasteiger partial charge in [0, 0.05) is 23.2 Å². The Hall–Kier alpha value is -2.29. The van der Waals surface area contributed by atoms with Gasteiger partial charge >= 0.3 is 0 Å². The third-order valence-electron chi connectivity index (χ3n) is 5.09. The normalized spacial score (nSPS) is 15.3. The summed E-state index contributed by atoms with van der Waals surface area (Å²) in [6.45, 7) is 6.14. The Labute approximate surface area is 144 Å². The molecule has 0 spiro atoms. The van der Waals surface area contributed by atoms with Gasteiger partial charge in [0.2, 0.25) is 5.88 Å². The van der Waals surface area contributed by atoms with Crippen molar-refractivity contribution in [3.63, 3.8) is 0 Å². The van der Waals surface area contributed by atoms with Gasteiger partial charge in [-0.15, -0.1) is 0 Å². The Kier molecular flexibility index (Phi) is 4.61. The molecule has 1 aromatic carbocycles. The van der Waals surface area contributed by atoms with Crippen molar-refractivity contribution < 1.29 is 4.74 Å². The summed E-state index contributed by atoms with van der Waals surface area (Å²) in [6, 6.07) is 11.1. The van der Waals surface area contributed by atoms with Gasteiger partial charge in [-0.1, -0.05) is 50.1 Å². The van der Waals surface area contributed by atoms with Gasteiger partial charge in [-0.2, -0.15) is 0 Å². The van der Waals surface area contributed by atoms with Crippen molar-refractivity contribution in [2.24, 2.45) is 0 Å². The average Bonchev–Trinajstić information content (AvgIpc) is 3.02. The number of fused-ring (bicyclic) bond motifs is 1. The number of rotatable bonds is 3.